The summed E-state index contributed by atoms with van der Waals surface area (Å²) < 4.78 is 0. The third kappa shape index (κ3) is 3.60. The molecule has 0 bridgehead atoms. The van der Waals surface area contributed by atoms with E-state index in [1.165, 1.54) is 32.1 Å². The first-order chi connectivity index (χ1) is 9.83. The van der Waals surface area contributed by atoms with Crippen molar-refractivity contribution in [2.75, 3.05) is 0 Å². The fourth-order valence-corrected chi connectivity index (χ4v) is 2.99. The Morgan fingerprint density at radius 3 is 2.30 bits per heavy atom. The number of amides is 1. The van der Waals surface area contributed by atoms with Gasteiger partial charge in [-0.3, -0.25) is 10.1 Å². The second-order valence-electron chi connectivity index (χ2n) is 6.13. The van der Waals surface area contributed by atoms with E-state index in [0.717, 1.165) is 18.4 Å². The lowest BCUT2D eigenvalue weighted by Crippen LogP contribution is -2.43. The SMILES string of the molecule is O=C(NC1CC1)C(NC1CCCCC1)c1ccccc1. The highest BCUT2D eigenvalue weighted by molar-refractivity contribution is 5.83. The van der Waals surface area contributed by atoms with Gasteiger partial charge in [0, 0.05) is 12.1 Å². The third-order valence-corrected chi connectivity index (χ3v) is 4.33. The normalized spacial score (nSPS) is 21.4. The lowest BCUT2D eigenvalue weighted by molar-refractivity contribution is -0.123. The number of hydrogen-bond acceptors (Lipinski definition) is 2. The van der Waals surface area contributed by atoms with E-state index in [-0.39, 0.29) is 11.9 Å². The summed E-state index contributed by atoms with van der Waals surface area (Å²) in [6, 6.07) is 10.8. The Morgan fingerprint density at radius 2 is 1.65 bits per heavy atom. The first kappa shape index (κ1) is 13.6. The van der Waals surface area contributed by atoms with E-state index < -0.39 is 0 Å². The average Bonchev–Trinajstić information content (AvgIpc) is 3.30. The molecule has 1 amide bonds. The van der Waals surface area contributed by atoms with Crippen molar-refractivity contribution in [3.63, 3.8) is 0 Å². The predicted octanol–water partition coefficient (Wildman–Crippen LogP) is 2.93. The molecule has 3 nitrogen and oxygen atoms in total. The van der Waals surface area contributed by atoms with Gasteiger partial charge in [-0.05, 0) is 31.2 Å². The smallest absolute Gasteiger partial charge is 0.241 e. The highest BCUT2D eigenvalue weighted by Crippen LogP contribution is 2.24. The van der Waals surface area contributed by atoms with Gasteiger partial charge >= 0.3 is 0 Å². The zero-order valence-electron chi connectivity index (χ0n) is 12.0. The molecule has 0 radical (unpaired) electrons. The van der Waals surface area contributed by atoms with Crippen molar-refractivity contribution in [3.05, 3.63) is 35.9 Å². The summed E-state index contributed by atoms with van der Waals surface area (Å²) in [7, 11) is 0. The third-order valence-electron chi connectivity index (χ3n) is 4.33. The van der Waals surface area contributed by atoms with E-state index in [1.807, 2.05) is 30.3 Å². The van der Waals surface area contributed by atoms with Crippen LogP contribution in [-0.2, 0) is 4.79 Å². The number of hydrogen-bond donors (Lipinski definition) is 2. The Bertz CT molecular complexity index is 436. The van der Waals surface area contributed by atoms with E-state index in [1.54, 1.807) is 0 Å². The van der Waals surface area contributed by atoms with Crippen LogP contribution < -0.4 is 10.6 Å². The summed E-state index contributed by atoms with van der Waals surface area (Å²) in [6.07, 6.45) is 8.56. The van der Waals surface area contributed by atoms with Gasteiger partial charge in [-0.2, -0.15) is 0 Å². The van der Waals surface area contributed by atoms with Crippen molar-refractivity contribution >= 4 is 5.91 Å². The average molecular weight is 272 g/mol. The zero-order valence-corrected chi connectivity index (χ0v) is 12.0. The van der Waals surface area contributed by atoms with Crippen LogP contribution in [0, 0.1) is 0 Å². The molecule has 2 saturated carbocycles. The first-order valence-corrected chi connectivity index (χ1v) is 7.94. The van der Waals surface area contributed by atoms with E-state index in [4.69, 9.17) is 0 Å². The van der Waals surface area contributed by atoms with Crippen LogP contribution in [0.2, 0.25) is 0 Å². The van der Waals surface area contributed by atoms with Gasteiger partial charge in [0.15, 0.2) is 0 Å². The molecule has 1 unspecified atom stereocenters. The minimum atomic E-state index is -0.195. The van der Waals surface area contributed by atoms with Gasteiger partial charge in [0.1, 0.15) is 6.04 Å². The predicted molar refractivity (Wildman–Crippen MR) is 80.4 cm³/mol. The molecule has 3 heteroatoms. The van der Waals surface area contributed by atoms with E-state index in [0.29, 0.717) is 12.1 Å². The number of carbonyl (C=O) groups excluding carboxylic acids is 1. The maximum atomic E-state index is 12.5. The highest BCUT2D eigenvalue weighted by Gasteiger charge is 2.29. The summed E-state index contributed by atoms with van der Waals surface area (Å²) in [5, 5.41) is 6.73. The number of carbonyl (C=O) groups is 1. The Morgan fingerprint density at radius 1 is 0.950 bits per heavy atom. The minimum Gasteiger partial charge on any atom is -0.352 e. The fraction of sp³-hybridized carbons (Fsp3) is 0.588. The van der Waals surface area contributed by atoms with E-state index in [9.17, 15) is 4.79 Å². The van der Waals surface area contributed by atoms with Gasteiger partial charge in [-0.25, -0.2) is 0 Å². The molecule has 1 atom stereocenters. The van der Waals surface area contributed by atoms with Crippen LogP contribution in [0.5, 0.6) is 0 Å². The van der Waals surface area contributed by atoms with Gasteiger partial charge in [-0.1, -0.05) is 49.6 Å². The van der Waals surface area contributed by atoms with Crippen LogP contribution in [0.15, 0.2) is 30.3 Å². The largest absolute Gasteiger partial charge is 0.352 e. The second kappa shape index (κ2) is 6.40. The van der Waals surface area contributed by atoms with Crippen LogP contribution in [0.1, 0.15) is 56.6 Å². The topological polar surface area (TPSA) is 41.1 Å². The molecule has 108 valence electrons. The number of rotatable bonds is 5. The van der Waals surface area contributed by atoms with Crippen molar-refractivity contribution in [3.8, 4) is 0 Å². The molecule has 2 N–H and O–H groups in total. The summed E-state index contributed by atoms with van der Waals surface area (Å²) in [4.78, 5) is 12.5. The van der Waals surface area contributed by atoms with Gasteiger partial charge in [0.05, 0.1) is 0 Å². The van der Waals surface area contributed by atoms with Crippen LogP contribution >= 0.6 is 0 Å². The van der Waals surface area contributed by atoms with Gasteiger partial charge in [-0.15, -0.1) is 0 Å². The molecule has 20 heavy (non-hydrogen) atoms. The van der Waals surface area contributed by atoms with Gasteiger partial charge < -0.3 is 5.32 Å². The lowest BCUT2D eigenvalue weighted by Gasteiger charge is -2.28. The monoisotopic (exact) mass is 272 g/mol. The van der Waals surface area contributed by atoms with Crippen molar-refractivity contribution in [2.45, 2.75) is 63.1 Å². The molecular formula is C17H24N2O. The van der Waals surface area contributed by atoms with Crippen molar-refractivity contribution < 1.29 is 4.79 Å². The molecule has 3 rings (SSSR count). The Hall–Kier alpha value is -1.35. The minimum absolute atomic E-state index is 0.143. The van der Waals surface area contributed by atoms with E-state index >= 15 is 0 Å². The molecule has 0 saturated heterocycles. The van der Waals surface area contributed by atoms with Crippen molar-refractivity contribution in [2.24, 2.45) is 0 Å². The Balaban J connectivity index is 1.69. The second-order valence-corrected chi connectivity index (χ2v) is 6.13. The summed E-state index contributed by atoms with van der Waals surface area (Å²) in [5.74, 6) is 0.143. The van der Waals surface area contributed by atoms with Crippen LogP contribution in [-0.4, -0.2) is 18.0 Å². The molecule has 0 spiro atoms. The number of benzene rings is 1. The molecule has 0 aliphatic heterocycles. The fourth-order valence-electron chi connectivity index (χ4n) is 2.99. The zero-order chi connectivity index (χ0) is 13.8. The maximum absolute atomic E-state index is 12.5. The van der Waals surface area contributed by atoms with Gasteiger partial charge in [0.25, 0.3) is 0 Å². The lowest BCUT2D eigenvalue weighted by atomic mass is 9.94. The summed E-state index contributed by atoms with van der Waals surface area (Å²) >= 11 is 0. The Kier molecular flexibility index (Phi) is 4.36. The summed E-state index contributed by atoms with van der Waals surface area (Å²) in [5.41, 5.74) is 1.08. The summed E-state index contributed by atoms with van der Waals surface area (Å²) in [6.45, 7) is 0. The molecule has 2 aliphatic carbocycles. The van der Waals surface area contributed by atoms with Gasteiger partial charge in [0.2, 0.25) is 5.91 Å². The molecule has 0 heterocycles. The molecular weight excluding hydrogens is 248 g/mol. The van der Waals surface area contributed by atoms with E-state index in [2.05, 4.69) is 10.6 Å². The first-order valence-electron chi connectivity index (χ1n) is 7.94. The molecule has 2 aliphatic rings. The molecule has 1 aromatic carbocycles. The van der Waals surface area contributed by atoms with Crippen LogP contribution in [0.4, 0.5) is 0 Å². The van der Waals surface area contributed by atoms with Crippen LogP contribution in [0.25, 0.3) is 0 Å². The molecule has 0 aromatic heterocycles. The Labute approximate surface area is 121 Å². The quantitative estimate of drug-likeness (QED) is 0.865. The maximum Gasteiger partial charge on any atom is 0.241 e. The number of nitrogens with one attached hydrogen (secondary N) is 2. The van der Waals surface area contributed by atoms with Crippen LogP contribution in [0.3, 0.4) is 0 Å². The van der Waals surface area contributed by atoms with Crippen molar-refractivity contribution in [1.82, 2.24) is 10.6 Å². The van der Waals surface area contributed by atoms with Crippen molar-refractivity contribution in [1.29, 1.82) is 0 Å². The molecule has 1 aromatic rings. The standard InChI is InChI=1S/C17H24N2O/c20-17(19-15-11-12-15)16(13-7-3-1-4-8-13)18-14-9-5-2-6-10-14/h1,3-4,7-8,14-16,18H,2,5-6,9-12H2,(H,19,20). The molecule has 2 fully saturated rings. The highest BCUT2D eigenvalue weighted by atomic mass is 16.2.